The van der Waals surface area contributed by atoms with Crippen LogP contribution in [-0.2, 0) is 23.1 Å². The van der Waals surface area contributed by atoms with Crippen LogP contribution in [-0.4, -0.2) is 58.0 Å². The SMILES string of the molecule is C=C(C)C(=O)OCCCCCCCCOP(=O)([O-])OCCCC[N+](C)(C)C. The van der Waals surface area contributed by atoms with Gasteiger partial charge in [-0.05, 0) is 32.6 Å². The molecule has 1 unspecified atom stereocenters. The zero-order chi connectivity index (χ0) is 20.8. The molecular weight excluding hydrogens is 369 g/mol. The Morgan fingerprint density at radius 3 is 1.81 bits per heavy atom. The Hall–Kier alpha value is -0.720. The highest BCUT2D eigenvalue weighted by atomic mass is 31.2. The molecule has 0 aliphatic heterocycles. The second-order valence-electron chi connectivity index (χ2n) is 7.87. The molecule has 0 saturated heterocycles. The Morgan fingerprint density at radius 1 is 0.889 bits per heavy atom. The van der Waals surface area contributed by atoms with E-state index in [9.17, 15) is 14.3 Å². The van der Waals surface area contributed by atoms with Crippen molar-refractivity contribution in [2.24, 2.45) is 0 Å². The minimum Gasteiger partial charge on any atom is -0.756 e. The Balaban J connectivity index is 3.48. The van der Waals surface area contributed by atoms with Gasteiger partial charge in [-0.1, -0.05) is 32.3 Å². The predicted octanol–water partition coefficient (Wildman–Crippen LogP) is 3.43. The fourth-order valence-corrected chi connectivity index (χ4v) is 3.06. The molecule has 1 atom stereocenters. The maximum atomic E-state index is 11.6. The Bertz CT molecular complexity index is 475. The summed E-state index contributed by atoms with van der Waals surface area (Å²) in [6.45, 7) is 6.88. The molecule has 0 saturated carbocycles. The average molecular weight is 407 g/mol. The first-order chi connectivity index (χ1) is 12.5. The summed E-state index contributed by atoms with van der Waals surface area (Å²) >= 11 is 0. The maximum Gasteiger partial charge on any atom is 0.333 e. The highest BCUT2D eigenvalue weighted by molar-refractivity contribution is 7.45. The highest BCUT2D eigenvalue weighted by Gasteiger charge is 2.10. The second-order valence-corrected chi connectivity index (χ2v) is 9.28. The van der Waals surface area contributed by atoms with E-state index in [-0.39, 0.29) is 19.2 Å². The van der Waals surface area contributed by atoms with Crippen molar-refractivity contribution in [3.63, 3.8) is 0 Å². The van der Waals surface area contributed by atoms with Crippen LogP contribution in [0.25, 0.3) is 0 Å². The molecule has 0 aromatic rings. The molecule has 0 N–H and O–H groups in total. The van der Waals surface area contributed by atoms with Gasteiger partial charge in [0.2, 0.25) is 0 Å². The lowest BCUT2D eigenvalue weighted by Gasteiger charge is -2.25. The van der Waals surface area contributed by atoms with Crippen molar-refractivity contribution in [3.8, 4) is 0 Å². The fourth-order valence-electron chi connectivity index (χ4n) is 2.28. The zero-order valence-electron chi connectivity index (χ0n) is 17.5. The number of quaternary nitrogens is 1. The molecule has 0 rings (SSSR count). The van der Waals surface area contributed by atoms with Crippen molar-refractivity contribution in [2.75, 3.05) is 47.5 Å². The quantitative estimate of drug-likeness (QED) is 0.121. The van der Waals surface area contributed by atoms with Gasteiger partial charge in [-0.3, -0.25) is 4.57 Å². The molecule has 0 spiro atoms. The van der Waals surface area contributed by atoms with Gasteiger partial charge in [-0.2, -0.15) is 0 Å². The van der Waals surface area contributed by atoms with Crippen LogP contribution in [0.5, 0.6) is 0 Å². The van der Waals surface area contributed by atoms with Gasteiger partial charge in [0.05, 0.1) is 47.5 Å². The van der Waals surface area contributed by atoms with Crippen LogP contribution in [0.3, 0.4) is 0 Å². The molecule has 8 heteroatoms. The Labute approximate surface area is 164 Å². The van der Waals surface area contributed by atoms with E-state index in [1.165, 1.54) is 0 Å². The lowest BCUT2D eigenvalue weighted by molar-refractivity contribution is -0.870. The van der Waals surface area contributed by atoms with Crippen molar-refractivity contribution in [2.45, 2.75) is 58.3 Å². The molecule has 0 aromatic carbocycles. The van der Waals surface area contributed by atoms with Gasteiger partial charge in [0.15, 0.2) is 0 Å². The number of phosphoric acid groups is 1. The first-order valence-electron chi connectivity index (χ1n) is 9.77. The first kappa shape index (κ1) is 26.3. The van der Waals surface area contributed by atoms with Gasteiger partial charge >= 0.3 is 5.97 Å². The summed E-state index contributed by atoms with van der Waals surface area (Å²) in [5, 5.41) is 0. The van der Waals surface area contributed by atoms with Crippen LogP contribution in [0.2, 0.25) is 0 Å². The summed E-state index contributed by atoms with van der Waals surface area (Å²) in [6.07, 6.45) is 7.00. The summed E-state index contributed by atoms with van der Waals surface area (Å²) in [5.74, 6) is -0.343. The number of hydrogen-bond acceptors (Lipinski definition) is 6. The zero-order valence-corrected chi connectivity index (χ0v) is 18.4. The number of carbonyl (C=O) groups excluding carboxylic acids is 1. The Morgan fingerprint density at radius 2 is 1.33 bits per heavy atom. The maximum absolute atomic E-state index is 11.6. The third kappa shape index (κ3) is 18.4. The molecule has 0 heterocycles. The number of ether oxygens (including phenoxy) is 1. The summed E-state index contributed by atoms with van der Waals surface area (Å²) in [6, 6.07) is 0. The Kier molecular flexibility index (Phi) is 13.9. The van der Waals surface area contributed by atoms with E-state index in [1.807, 2.05) is 0 Å². The lowest BCUT2D eigenvalue weighted by atomic mass is 10.1. The summed E-state index contributed by atoms with van der Waals surface area (Å²) in [5.41, 5.74) is 0.416. The van der Waals surface area contributed by atoms with Gasteiger partial charge in [-0.25, -0.2) is 4.79 Å². The van der Waals surface area contributed by atoms with Crippen LogP contribution >= 0.6 is 7.82 Å². The molecule has 0 bridgehead atoms. The van der Waals surface area contributed by atoms with Crippen LogP contribution in [0.1, 0.15) is 58.3 Å². The number of esters is 1. The van der Waals surface area contributed by atoms with E-state index in [4.69, 9.17) is 13.8 Å². The normalized spacial score (nSPS) is 14.0. The summed E-state index contributed by atoms with van der Waals surface area (Å²) in [7, 11) is 2.12. The number of carbonyl (C=O) groups is 1. The molecule has 0 radical (unpaired) electrons. The van der Waals surface area contributed by atoms with Gasteiger partial charge < -0.3 is 23.2 Å². The molecule has 27 heavy (non-hydrogen) atoms. The molecule has 0 fully saturated rings. The van der Waals surface area contributed by atoms with E-state index in [0.717, 1.165) is 49.6 Å². The number of unbranched alkanes of at least 4 members (excludes halogenated alkanes) is 6. The summed E-state index contributed by atoms with van der Waals surface area (Å²) < 4.78 is 27.3. The number of phosphoric ester groups is 1. The number of hydrogen-bond donors (Lipinski definition) is 0. The van der Waals surface area contributed by atoms with Crippen LogP contribution in [0, 0.1) is 0 Å². The standard InChI is InChI=1S/C19H38NO6P/c1-18(2)19(21)24-15-11-8-6-7-9-12-16-25-27(22,23)26-17-13-10-14-20(3,4)5/h1,6-17H2,2-5H3. The monoisotopic (exact) mass is 407 g/mol. The van der Waals surface area contributed by atoms with E-state index in [2.05, 4.69) is 27.7 Å². The van der Waals surface area contributed by atoms with E-state index in [0.29, 0.717) is 25.0 Å². The second kappa shape index (κ2) is 14.3. The molecule has 0 aromatic heterocycles. The number of nitrogens with zero attached hydrogens (tertiary/aromatic N) is 1. The lowest BCUT2D eigenvalue weighted by Crippen LogP contribution is -2.35. The molecule has 0 aliphatic carbocycles. The van der Waals surface area contributed by atoms with Gasteiger partial charge in [0, 0.05) is 5.57 Å². The van der Waals surface area contributed by atoms with Crippen molar-refractivity contribution in [1.82, 2.24) is 0 Å². The van der Waals surface area contributed by atoms with E-state index in [1.54, 1.807) is 6.92 Å². The third-order valence-corrected chi connectivity index (χ3v) is 4.84. The largest absolute Gasteiger partial charge is 0.756 e. The minimum atomic E-state index is -4.17. The van der Waals surface area contributed by atoms with Crippen molar-refractivity contribution in [3.05, 3.63) is 12.2 Å². The first-order valence-corrected chi connectivity index (χ1v) is 11.2. The van der Waals surface area contributed by atoms with Crippen molar-refractivity contribution >= 4 is 13.8 Å². The minimum absolute atomic E-state index is 0.163. The summed E-state index contributed by atoms with van der Waals surface area (Å²) in [4.78, 5) is 22.8. The van der Waals surface area contributed by atoms with Crippen molar-refractivity contribution < 1.29 is 32.5 Å². The third-order valence-electron chi connectivity index (χ3n) is 3.84. The van der Waals surface area contributed by atoms with E-state index >= 15 is 0 Å². The average Bonchev–Trinajstić information content (AvgIpc) is 2.54. The predicted molar refractivity (Wildman–Crippen MR) is 105 cm³/mol. The smallest absolute Gasteiger partial charge is 0.333 e. The molecule has 0 aliphatic rings. The van der Waals surface area contributed by atoms with Gasteiger partial charge in [0.25, 0.3) is 7.82 Å². The molecular formula is C19H38NO6P. The van der Waals surface area contributed by atoms with Crippen LogP contribution < -0.4 is 4.89 Å². The van der Waals surface area contributed by atoms with Crippen LogP contribution in [0.15, 0.2) is 12.2 Å². The fraction of sp³-hybridized carbons (Fsp3) is 0.842. The van der Waals surface area contributed by atoms with Gasteiger partial charge in [0.1, 0.15) is 0 Å². The van der Waals surface area contributed by atoms with E-state index < -0.39 is 7.82 Å². The molecule has 160 valence electrons. The van der Waals surface area contributed by atoms with Crippen LogP contribution in [0.4, 0.5) is 0 Å². The van der Waals surface area contributed by atoms with Gasteiger partial charge in [-0.15, -0.1) is 0 Å². The van der Waals surface area contributed by atoms with Crippen molar-refractivity contribution in [1.29, 1.82) is 0 Å². The highest BCUT2D eigenvalue weighted by Crippen LogP contribution is 2.38. The molecule has 0 amide bonds. The molecule has 7 nitrogen and oxygen atoms in total. The topological polar surface area (TPSA) is 84.9 Å². The number of rotatable bonds is 17.